The van der Waals surface area contributed by atoms with Crippen LogP contribution in [-0.2, 0) is 0 Å². The summed E-state index contributed by atoms with van der Waals surface area (Å²) >= 11 is 0. The van der Waals surface area contributed by atoms with Gasteiger partial charge in [0.15, 0.2) is 0 Å². The van der Waals surface area contributed by atoms with Gasteiger partial charge < -0.3 is 5.32 Å². The first-order valence-electron chi connectivity index (χ1n) is 3.27. The van der Waals surface area contributed by atoms with E-state index in [1.807, 2.05) is 0 Å². The van der Waals surface area contributed by atoms with E-state index in [-0.39, 0.29) is 0 Å². The van der Waals surface area contributed by atoms with E-state index in [4.69, 9.17) is 0 Å². The molecule has 0 saturated carbocycles. The van der Waals surface area contributed by atoms with Crippen LogP contribution in [0.2, 0.25) is 0 Å². The molecular weight excluding hydrogens is 134 g/mol. The molecule has 1 aliphatic rings. The minimum absolute atomic E-state index is 0.757. The first-order valence-corrected chi connectivity index (χ1v) is 3.27. The Labute approximate surface area is 67.1 Å². The van der Waals surface area contributed by atoms with Gasteiger partial charge in [0, 0.05) is 11.4 Å². The van der Waals surface area contributed by atoms with Gasteiger partial charge in [-0.2, -0.15) is 0 Å². The molecule has 1 N–H and O–H groups in total. The van der Waals surface area contributed by atoms with Crippen LogP contribution in [0.15, 0.2) is 61.0 Å². The topological polar surface area (TPSA) is 12.0 Å². The Bertz CT molecular complexity index is 264. The van der Waals surface area contributed by atoms with E-state index in [0.717, 1.165) is 28.1 Å². The lowest BCUT2D eigenvalue weighted by Crippen LogP contribution is -2.21. The first kappa shape index (κ1) is 7.61. The molecule has 0 atom stereocenters. The molecule has 0 radical (unpaired) electrons. The van der Waals surface area contributed by atoms with Gasteiger partial charge in [-0.1, -0.05) is 32.9 Å². The highest BCUT2D eigenvalue weighted by Crippen LogP contribution is 2.28. The van der Waals surface area contributed by atoms with Crippen LogP contribution in [-0.4, -0.2) is 0 Å². The molecular formula is C10H11N. The fourth-order valence-corrected chi connectivity index (χ4v) is 0.879. The van der Waals surface area contributed by atoms with Gasteiger partial charge in [-0.3, -0.25) is 0 Å². The van der Waals surface area contributed by atoms with Crippen molar-refractivity contribution in [2.75, 3.05) is 0 Å². The predicted molar refractivity (Wildman–Crippen MR) is 48.8 cm³/mol. The number of hydrogen-bond acceptors (Lipinski definition) is 1. The monoisotopic (exact) mass is 145 g/mol. The third-order valence-electron chi connectivity index (χ3n) is 1.76. The zero-order chi connectivity index (χ0) is 8.59. The number of rotatable bonds is 0. The van der Waals surface area contributed by atoms with E-state index in [0.29, 0.717) is 0 Å². The predicted octanol–water partition coefficient (Wildman–Crippen LogP) is 2.29. The molecule has 1 heteroatoms. The average molecular weight is 145 g/mol. The minimum Gasteiger partial charge on any atom is -0.356 e. The van der Waals surface area contributed by atoms with Gasteiger partial charge in [0.05, 0.1) is 0 Å². The molecule has 56 valence electrons. The Balaban J connectivity index is 3.06. The molecule has 0 spiro atoms. The molecule has 0 unspecified atom stereocenters. The second-order valence-electron chi connectivity index (χ2n) is 2.52. The van der Waals surface area contributed by atoms with Crippen molar-refractivity contribution in [2.24, 2.45) is 0 Å². The van der Waals surface area contributed by atoms with Crippen molar-refractivity contribution in [1.29, 1.82) is 0 Å². The SMILES string of the molecule is C=C1NC(=C)C(=C)C(=C)C1=C. The largest absolute Gasteiger partial charge is 0.356 e. The van der Waals surface area contributed by atoms with Crippen LogP contribution < -0.4 is 5.32 Å². The lowest BCUT2D eigenvalue weighted by atomic mass is 9.94. The highest BCUT2D eigenvalue weighted by Gasteiger charge is 2.16. The van der Waals surface area contributed by atoms with Crippen molar-refractivity contribution in [3.63, 3.8) is 0 Å². The summed E-state index contributed by atoms with van der Waals surface area (Å²) in [7, 11) is 0. The summed E-state index contributed by atoms with van der Waals surface area (Å²) in [6.45, 7) is 18.9. The van der Waals surface area contributed by atoms with Crippen LogP contribution in [0.5, 0.6) is 0 Å². The molecule has 1 nitrogen and oxygen atoms in total. The maximum atomic E-state index is 3.82. The molecule has 0 aliphatic carbocycles. The Morgan fingerprint density at radius 2 is 1.00 bits per heavy atom. The van der Waals surface area contributed by atoms with Gasteiger partial charge in [-0.25, -0.2) is 0 Å². The number of hydrogen-bond donors (Lipinski definition) is 1. The van der Waals surface area contributed by atoms with E-state index < -0.39 is 0 Å². The molecule has 1 saturated heterocycles. The average Bonchev–Trinajstić information content (AvgIpc) is 1.97. The molecule has 1 rings (SSSR count). The molecule has 0 aromatic heterocycles. The van der Waals surface area contributed by atoms with E-state index in [1.165, 1.54) is 0 Å². The van der Waals surface area contributed by atoms with Crippen molar-refractivity contribution in [3.05, 3.63) is 61.0 Å². The summed E-state index contributed by atoms with van der Waals surface area (Å²) in [5, 5.41) is 2.96. The van der Waals surface area contributed by atoms with Crippen molar-refractivity contribution in [3.8, 4) is 0 Å². The fourth-order valence-electron chi connectivity index (χ4n) is 0.879. The van der Waals surface area contributed by atoms with Crippen molar-refractivity contribution in [2.45, 2.75) is 0 Å². The Morgan fingerprint density at radius 1 is 0.636 bits per heavy atom. The third kappa shape index (κ3) is 1.05. The number of piperidine rings is 1. The van der Waals surface area contributed by atoms with E-state index >= 15 is 0 Å². The van der Waals surface area contributed by atoms with Gasteiger partial charge in [0.25, 0.3) is 0 Å². The second-order valence-corrected chi connectivity index (χ2v) is 2.52. The normalized spacial score (nSPS) is 18.7. The van der Waals surface area contributed by atoms with Crippen molar-refractivity contribution >= 4 is 0 Å². The van der Waals surface area contributed by atoms with Crippen LogP contribution >= 0.6 is 0 Å². The van der Waals surface area contributed by atoms with Crippen LogP contribution in [0.4, 0.5) is 0 Å². The summed E-state index contributed by atoms with van der Waals surface area (Å²) in [6.07, 6.45) is 0. The summed E-state index contributed by atoms with van der Waals surface area (Å²) < 4.78 is 0. The standard InChI is InChI=1S/C10H11N/c1-6-7(2)9(4)11-10(5)8(6)3/h11H,1-5H2. The third-order valence-corrected chi connectivity index (χ3v) is 1.76. The molecule has 1 heterocycles. The van der Waals surface area contributed by atoms with Gasteiger partial charge in [0.1, 0.15) is 0 Å². The lowest BCUT2D eigenvalue weighted by molar-refractivity contribution is 0.976. The lowest BCUT2D eigenvalue weighted by Gasteiger charge is -2.24. The van der Waals surface area contributed by atoms with E-state index in [2.05, 4.69) is 38.2 Å². The van der Waals surface area contributed by atoms with Crippen LogP contribution in [0.1, 0.15) is 0 Å². The Kier molecular flexibility index (Phi) is 1.57. The Hall–Kier alpha value is -1.50. The summed E-state index contributed by atoms with van der Waals surface area (Å²) in [5.41, 5.74) is 3.95. The fraction of sp³-hybridized carbons (Fsp3) is 0. The molecule has 0 aromatic rings. The summed E-state index contributed by atoms with van der Waals surface area (Å²) in [5.74, 6) is 0. The first-order chi connectivity index (χ1) is 5.04. The molecule has 1 fully saturated rings. The molecule has 0 aromatic carbocycles. The highest BCUT2D eigenvalue weighted by atomic mass is 14.9. The highest BCUT2D eigenvalue weighted by molar-refractivity contribution is 5.62. The molecule has 1 aliphatic heterocycles. The number of nitrogens with one attached hydrogen (secondary N) is 1. The van der Waals surface area contributed by atoms with Crippen molar-refractivity contribution < 1.29 is 0 Å². The quantitative estimate of drug-likeness (QED) is 0.551. The minimum atomic E-state index is 0.757. The van der Waals surface area contributed by atoms with Crippen LogP contribution in [0.3, 0.4) is 0 Å². The van der Waals surface area contributed by atoms with Gasteiger partial charge in [-0.05, 0) is 16.7 Å². The van der Waals surface area contributed by atoms with Gasteiger partial charge >= 0.3 is 0 Å². The summed E-state index contributed by atoms with van der Waals surface area (Å²) in [4.78, 5) is 0. The second kappa shape index (κ2) is 2.27. The molecule has 0 bridgehead atoms. The van der Waals surface area contributed by atoms with Gasteiger partial charge in [0.2, 0.25) is 0 Å². The van der Waals surface area contributed by atoms with E-state index in [9.17, 15) is 0 Å². The van der Waals surface area contributed by atoms with E-state index in [1.54, 1.807) is 0 Å². The summed E-state index contributed by atoms with van der Waals surface area (Å²) in [6, 6.07) is 0. The number of allylic oxidation sites excluding steroid dienone is 2. The van der Waals surface area contributed by atoms with Crippen LogP contribution in [0, 0.1) is 0 Å². The molecule has 0 amide bonds. The maximum absolute atomic E-state index is 3.82. The van der Waals surface area contributed by atoms with Crippen molar-refractivity contribution in [1.82, 2.24) is 5.32 Å². The zero-order valence-corrected chi connectivity index (χ0v) is 6.54. The Morgan fingerprint density at radius 3 is 1.36 bits per heavy atom. The van der Waals surface area contributed by atoms with Gasteiger partial charge in [-0.15, -0.1) is 0 Å². The maximum Gasteiger partial charge on any atom is 0.0384 e. The molecule has 11 heavy (non-hydrogen) atoms. The van der Waals surface area contributed by atoms with Crippen LogP contribution in [0.25, 0.3) is 0 Å². The zero-order valence-electron chi connectivity index (χ0n) is 6.54. The smallest absolute Gasteiger partial charge is 0.0384 e.